The van der Waals surface area contributed by atoms with Gasteiger partial charge in [-0.3, -0.25) is 0 Å². The van der Waals surface area contributed by atoms with Crippen molar-refractivity contribution in [3.8, 4) is 5.88 Å². The number of rotatable bonds is 8. The van der Waals surface area contributed by atoms with Gasteiger partial charge in [0.2, 0.25) is 5.88 Å². The SMILES string of the molecule is CCCc1nc(NC)cc(OCC(CC)CC)n1. The quantitative estimate of drug-likeness (QED) is 0.770. The van der Waals surface area contributed by atoms with Crippen LogP contribution in [0.3, 0.4) is 0 Å². The summed E-state index contributed by atoms with van der Waals surface area (Å²) in [7, 11) is 1.86. The Morgan fingerprint density at radius 1 is 1.22 bits per heavy atom. The van der Waals surface area contributed by atoms with Crippen LogP contribution in [0.15, 0.2) is 6.07 Å². The fraction of sp³-hybridized carbons (Fsp3) is 0.714. The summed E-state index contributed by atoms with van der Waals surface area (Å²) < 4.78 is 5.79. The largest absolute Gasteiger partial charge is 0.477 e. The fourth-order valence-corrected chi connectivity index (χ4v) is 1.74. The number of hydrogen-bond donors (Lipinski definition) is 1. The molecule has 0 fully saturated rings. The summed E-state index contributed by atoms with van der Waals surface area (Å²) in [5.74, 6) is 2.97. The summed E-state index contributed by atoms with van der Waals surface area (Å²) >= 11 is 0. The van der Waals surface area contributed by atoms with Crippen molar-refractivity contribution in [3.05, 3.63) is 11.9 Å². The van der Waals surface area contributed by atoms with Crippen LogP contribution >= 0.6 is 0 Å². The summed E-state index contributed by atoms with van der Waals surface area (Å²) in [6, 6.07) is 1.86. The minimum Gasteiger partial charge on any atom is -0.477 e. The summed E-state index contributed by atoms with van der Waals surface area (Å²) in [6.07, 6.45) is 4.21. The highest BCUT2D eigenvalue weighted by atomic mass is 16.5. The minimum absolute atomic E-state index is 0.604. The third-order valence-electron chi connectivity index (χ3n) is 3.10. The number of nitrogens with zero attached hydrogens (tertiary/aromatic N) is 2. The number of aryl methyl sites for hydroxylation is 1. The van der Waals surface area contributed by atoms with Crippen LogP contribution in [0.2, 0.25) is 0 Å². The van der Waals surface area contributed by atoms with Crippen molar-refractivity contribution in [2.75, 3.05) is 19.0 Å². The number of nitrogens with one attached hydrogen (secondary N) is 1. The standard InChI is InChI=1S/C14H25N3O/c1-5-8-12-16-13(15-4)9-14(17-12)18-10-11(6-2)7-3/h9,11H,5-8,10H2,1-4H3,(H,15,16,17). The predicted octanol–water partition coefficient (Wildman–Crippen LogP) is 3.29. The lowest BCUT2D eigenvalue weighted by Crippen LogP contribution is -2.12. The van der Waals surface area contributed by atoms with Gasteiger partial charge in [-0.05, 0) is 12.3 Å². The molecule has 0 saturated heterocycles. The van der Waals surface area contributed by atoms with E-state index in [9.17, 15) is 0 Å². The Kier molecular flexibility index (Phi) is 6.47. The molecule has 0 aromatic carbocycles. The Hall–Kier alpha value is -1.32. The van der Waals surface area contributed by atoms with Gasteiger partial charge in [0.1, 0.15) is 11.6 Å². The van der Waals surface area contributed by atoms with Crippen molar-refractivity contribution in [1.29, 1.82) is 0 Å². The van der Waals surface area contributed by atoms with Crippen molar-refractivity contribution in [3.63, 3.8) is 0 Å². The van der Waals surface area contributed by atoms with E-state index >= 15 is 0 Å². The number of anilines is 1. The minimum atomic E-state index is 0.604. The highest BCUT2D eigenvalue weighted by molar-refractivity contribution is 5.37. The van der Waals surface area contributed by atoms with Crippen molar-refractivity contribution >= 4 is 5.82 Å². The van der Waals surface area contributed by atoms with E-state index in [2.05, 4.69) is 36.1 Å². The van der Waals surface area contributed by atoms with Crippen LogP contribution in [0.25, 0.3) is 0 Å². The number of hydrogen-bond acceptors (Lipinski definition) is 4. The van der Waals surface area contributed by atoms with Gasteiger partial charge < -0.3 is 10.1 Å². The highest BCUT2D eigenvalue weighted by Gasteiger charge is 2.08. The Morgan fingerprint density at radius 2 is 1.94 bits per heavy atom. The molecule has 1 aromatic rings. The second-order valence-corrected chi connectivity index (χ2v) is 4.50. The smallest absolute Gasteiger partial charge is 0.218 e. The molecule has 1 N–H and O–H groups in total. The van der Waals surface area contributed by atoms with Crippen LogP contribution in [-0.4, -0.2) is 23.6 Å². The Labute approximate surface area is 110 Å². The summed E-state index contributed by atoms with van der Waals surface area (Å²) in [5.41, 5.74) is 0. The first-order valence-corrected chi connectivity index (χ1v) is 6.91. The third kappa shape index (κ3) is 4.51. The Bertz CT molecular complexity index is 351. The summed E-state index contributed by atoms with van der Waals surface area (Å²) in [4.78, 5) is 8.85. The molecule has 0 bridgehead atoms. The van der Waals surface area contributed by atoms with E-state index in [-0.39, 0.29) is 0 Å². The normalized spacial score (nSPS) is 10.7. The van der Waals surface area contributed by atoms with Gasteiger partial charge in [-0.15, -0.1) is 0 Å². The van der Waals surface area contributed by atoms with Crippen LogP contribution in [0.4, 0.5) is 5.82 Å². The van der Waals surface area contributed by atoms with Crippen LogP contribution in [0.5, 0.6) is 5.88 Å². The zero-order valence-corrected chi connectivity index (χ0v) is 12.0. The van der Waals surface area contributed by atoms with E-state index in [1.807, 2.05) is 13.1 Å². The molecule has 0 atom stereocenters. The number of aromatic nitrogens is 2. The highest BCUT2D eigenvalue weighted by Crippen LogP contribution is 2.16. The zero-order chi connectivity index (χ0) is 13.4. The van der Waals surface area contributed by atoms with Gasteiger partial charge in [0.05, 0.1) is 6.61 Å². The maximum atomic E-state index is 5.79. The molecule has 18 heavy (non-hydrogen) atoms. The molecule has 1 aromatic heterocycles. The fourth-order valence-electron chi connectivity index (χ4n) is 1.74. The molecule has 0 spiro atoms. The van der Waals surface area contributed by atoms with E-state index in [0.29, 0.717) is 11.8 Å². The first kappa shape index (κ1) is 14.7. The van der Waals surface area contributed by atoms with Crippen LogP contribution in [0.1, 0.15) is 45.9 Å². The van der Waals surface area contributed by atoms with Crippen molar-refractivity contribution in [1.82, 2.24) is 9.97 Å². The van der Waals surface area contributed by atoms with E-state index in [1.54, 1.807) is 0 Å². The van der Waals surface area contributed by atoms with Crippen LogP contribution < -0.4 is 10.1 Å². The predicted molar refractivity (Wildman–Crippen MR) is 75.1 cm³/mol. The van der Waals surface area contributed by atoms with Gasteiger partial charge in [-0.2, -0.15) is 4.98 Å². The van der Waals surface area contributed by atoms with Crippen LogP contribution in [0, 0.1) is 5.92 Å². The lowest BCUT2D eigenvalue weighted by molar-refractivity contribution is 0.232. The van der Waals surface area contributed by atoms with Gasteiger partial charge in [-0.25, -0.2) is 4.98 Å². The van der Waals surface area contributed by atoms with Gasteiger partial charge in [0, 0.05) is 19.5 Å². The van der Waals surface area contributed by atoms with Crippen molar-refractivity contribution in [2.24, 2.45) is 5.92 Å². The maximum absolute atomic E-state index is 5.79. The molecule has 4 heteroatoms. The molecule has 102 valence electrons. The third-order valence-corrected chi connectivity index (χ3v) is 3.10. The van der Waals surface area contributed by atoms with Gasteiger partial charge in [-0.1, -0.05) is 33.6 Å². The maximum Gasteiger partial charge on any atom is 0.218 e. The molecule has 0 amide bonds. The first-order chi connectivity index (χ1) is 8.73. The zero-order valence-electron chi connectivity index (χ0n) is 12.0. The van der Waals surface area contributed by atoms with Crippen molar-refractivity contribution in [2.45, 2.75) is 46.5 Å². The van der Waals surface area contributed by atoms with E-state index < -0.39 is 0 Å². The lowest BCUT2D eigenvalue weighted by atomic mass is 10.1. The molecule has 0 saturated carbocycles. The van der Waals surface area contributed by atoms with Crippen LogP contribution in [-0.2, 0) is 6.42 Å². The molecule has 1 rings (SSSR count). The Morgan fingerprint density at radius 3 is 2.50 bits per heavy atom. The summed E-state index contributed by atoms with van der Waals surface area (Å²) in [6.45, 7) is 7.25. The molecule has 0 aliphatic rings. The molecule has 0 aliphatic carbocycles. The molecule has 1 heterocycles. The second-order valence-electron chi connectivity index (χ2n) is 4.50. The average molecular weight is 251 g/mol. The lowest BCUT2D eigenvalue weighted by Gasteiger charge is -2.14. The molecule has 0 radical (unpaired) electrons. The van der Waals surface area contributed by atoms with E-state index in [1.165, 1.54) is 0 Å². The average Bonchev–Trinajstić information content (AvgIpc) is 2.40. The van der Waals surface area contributed by atoms with Crippen molar-refractivity contribution < 1.29 is 4.74 Å². The number of ether oxygens (including phenoxy) is 1. The first-order valence-electron chi connectivity index (χ1n) is 6.91. The van der Waals surface area contributed by atoms with Gasteiger partial charge >= 0.3 is 0 Å². The van der Waals surface area contributed by atoms with Gasteiger partial charge in [0.15, 0.2) is 0 Å². The molecular weight excluding hydrogens is 226 g/mol. The molecule has 4 nitrogen and oxygen atoms in total. The molecule has 0 aliphatic heterocycles. The van der Waals surface area contributed by atoms with Gasteiger partial charge in [0.25, 0.3) is 0 Å². The van der Waals surface area contributed by atoms with E-state index in [0.717, 1.165) is 43.9 Å². The topological polar surface area (TPSA) is 47.0 Å². The molecule has 0 unspecified atom stereocenters. The second kappa shape index (κ2) is 7.90. The van der Waals surface area contributed by atoms with E-state index in [4.69, 9.17) is 4.74 Å². The Balaban J connectivity index is 2.71. The molecular formula is C14H25N3O. The summed E-state index contributed by atoms with van der Waals surface area (Å²) in [5, 5.41) is 3.05. The monoisotopic (exact) mass is 251 g/mol.